The molecule has 4 heteroatoms. The molecule has 0 unspecified atom stereocenters. The Morgan fingerprint density at radius 1 is 1.17 bits per heavy atom. The van der Waals surface area contributed by atoms with E-state index < -0.39 is 5.91 Å². The molecule has 114 valence electrons. The molecule has 0 saturated heterocycles. The lowest BCUT2D eigenvalue weighted by molar-refractivity contribution is -0.114. The van der Waals surface area contributed by atoms with Gasteiger partial charge in [0.25, 0.3) is 0 Å². The molecule has 1 aliphatic carbocycles. The fraction of sp³-hybridized carbons (Fsp3) is 0.158. The minimum Gasteiger partial charge on any atom is -0.366 e. The van der Waals surface area contributed by atoms with Crippen LogP contribution in [0.4, 0.5) is 0 Å². The van der Waals surface area contributed by atoms with Gasteiger partial charge in [0.2, 0.25) is 5.91 Å². The van der Waals surface area contributed by atoms with Gasteiger partial charge in [-0.15, -0.1) is 0 Å². The molecular formula is C19H17N3O. The second-order valence-corrected chi connectivity index (χ2v) is 5.91. The lowest BCUT2D eigenvalue weighted by Gasteiger charge is -2.28. The molecule has 0 atom stereocenters. The molecule has 0 spiro atoms. The summed E-state index contributed by atoms with van der Waals surface area (Å²) >= 11 is 0. The van der Waals surface area contributed by atoms with Gasteiger partial charge in [0.1, 0.15) is 5.84 Å². The first kappa shape index (κ1) is 13.8. The number of amides is 1. The summed E-state index contributed by atoms with van der Waals surface area (Å²) in [5, 5.41) is 0. The van der Waals surface area contributed by atoms with Gasteiger partial charge in [-0.25, -0.2) is 4.99 Å². The monoisotopic (exact) mass is 303 g/mol. The smallest absolute Gasteiger partial charge is 0.250 e. The average molecular weight is 303 g/mol. The van der Waals surface area contributed by atoms with Crippen LogP contribution < -0.4 is 5.73 Å². The van der Waals surface area contributed by atoms with Gasteiger partial charge in [0.15, 0.2) is 0 Å². The van der Waals surface area contributed by atoms with Crippen LogP contribution >= 0.6 is 0 Å². The number of nitrogens with zero attached hydrogens (tertiary/aromatic N) is 2. The highest BCUT2D eigenvalue weighted by Crippen LogP contribution is 2.37. The second-order valence-electron chi connectivity index (χ2n) is 5.91. The zero-order chi connectivity index (χ0) is 15.8. The number of allylic oxidation sites excluding steroid dienone is 1. The van der Waals surface area contributed by atoms with E-state index in [2.05, 4.69) is 18.2 Å². The number of carbonyl (C=O) groups is 1. The second kappa shape index (κ2) is 5.39. The maximum Gasteiger partial charge on any atom is 0.250 e. The molecule has 4 nitrogen and oxygen atoms in total. The zero-order valence-electron chi connectivity index (χ0n) is 12.7. The number of hydrogen-bond donors (Lipinski definition) is 1. The third-order valence-electron chi connectivity index (χ3n) is 4.35. The molecule has 23 heavy (non-hydrogen) atoms. The van der Waals surface area contributed by atoms with Crippen molar-refractivity contribution in [3.05, 3.63) is 76.7 Å². The fourth-order valence-electron chi connectivity index (χ4n) is 3.18. The van der Waals surface area contributed by atoms with E-state index in [0.29, 0.717) is 5.57 Å². The number of carbonyl (C=O) groups excluding carboxylic acids is 1. The Hall–Kier alpha value is -2.88. The van der Waals surface area contributed by atoms with Gasteiger partial charge >= 0.3 is 0 Å². The topological polar surface area (TPSA) is 58.7 Å². The largest absolute Gasteiger partial charge is 0.366 e. The maximum absolute atomic E-state index is 11.3. The number of primary amides is 1. The first-order valence-corrected chi connectivity index (χ1v) is 7.74. The Kier molecular flexibility index (Phi) is 3.23. The summed E-state index contributed by atoms with van der Waals surface area (Å²) in [4.78, 5) is 18.1. The van der Waals surface area contributed by atoms with Crippen molar-refractivity contribution in [2.45, 2.75) is 12.8 Å². The number of hydrogen-bond acceptors (Lipinski definition) is 3. The maximum atomic E-state index is 11.3. The van der Waals surface area contributed by atoms with Gasteiger partial charge in [0.05, 0.1) is 11.3 Å². The van der Waals surface area contributed by atoms with Crippen LogP contribution in [0.3, 0.4) is 0 Å². The number of rotatable bonds is 2. The van der Waals surface area contributed by atoms with Crippen LogP contribution in [0.25, 0.3) is 6.08 Å². The standard InChI is InChI=1S/C19H17N3O/c20-19(23)16-8-9-17-21-18-14(10-13-4-2-1-3-5-13)6-7-15(18)11-22(17)12-16/h1-5,8-10,12H,6-7,11H2,(H2,20,23). The summed E-state index contributed by atoms with van der Waals surface area (Å²) in [6.45, 7) is 0.779. The van der Waals surface area contributed by atoms with E-state index in [1.54, 1.807) is 12.3 Å². The lowest BCUT2D eigenvalue weighted by Crippen LogP contribution is -2.33. The summed E-state index contributed by atoms with van der Waals surface area (Å²) in [6, 6.07) is 10.3. The average Bonchev–Trinajstić information content (AvgIpc) is 2.95. The van der Waals surface area contributed by atoms with Crippen LogP contribution in [0.2, 0.25) is 0 Å². The molecule has 0 saturated carbocycles. The molecule has 3 aliphatic rings. The van der Waals surface area contributed by atoms with Crippen molar-refractivity contribution in [3.63, 3.8) is 0 Å². The van der Waals surface area contributed by atoms with Crippen LogP contribution in [-0.2, 0) is 4.79 Å². The summed E-state index contributed by atoms with van der Waals surface area (Å²) in [5.41, 5.74) is 10.8. The van der Waals surface area contributed by atoms with Gasteiger partial charge in [0, 0.05) is 12.7 Å². The number of fused-ring (bicyclic) bond motifs is 1. The van der Waals surface area contributed by atoms with Gasteiger partial charge in [-0.05, 0) is 47.8 Å². The SMILES string of the molecule is NC(=O)C1=CN2CC3=C(N=C2C=C1)C(=Cc1ccccc1)CC3. The van der Waals surface area contributed by atoms with E-state index in [1.807, 2.05) is 29.2 Å². The van der Waals surface area contributed by atoms with Crippen molar-refractivity contribution in [2.75, 3.05) is 6.54 Å². The van der Waals surface area contributed by atoms with E-state index in [1.165, 1.54) is 16.7 Å². The molecule has 0 fully saturated rings. The highest BCUT2D eigenvalue weighted by atomic mass is 16.1. The van der Waals surface area contributed by atoms with Crippen LogP contribution in [0.5, 0.6) is 0 Å². The zero-order valence-corrected chi connectivity index (χ0v) is 12.7. The van der Waals surface area contributed by atoms with Crippen molar-refractivity contribution >= 4 is 17.8 Å². The first-order chi connectivity index (χ1) is 11.2. The van der Waals surface area contributed by atoms with E-state index in [4.69, 9.17) is 10.7 Å². The van der Waals surface area contributed by atoms with E-state index in [9.17, 15) is 4.79 Å². The predicted molar refractivity (Wildman–Crippen MR) is 91.2 cm³/mol. The van der Waals surface area contributed by atoms with Crippen LogP contribution in [0.1, 0.15) is 18.4 Å². The molecule has 1 aromatic carbocycles. The minimum atomic E-state index is -0.406. The van der Waals surface area contributed by atoms with Crippen LogP contribution in [0.15, 0.2) is 76.1 Å². The Balaban J connectivity index is 1.66. The summed E-state index contributed by atoms with van der Waals surface area (Å²) in [7, 11) is 0. The van der Waals surface area contributed by atoms with Gasteiger partial charge < -0.3 is 10.6 Å². The van der Waals surface area contributed by atoms with E-state index in [0.717, 1.165) is 30.9 Å². The molecule has 0 bridgehead atoms. The summed E-state index contributed by atoms with van der Waals surface area (Å²) in [5.74, 6) is 0.464. The molecule has 0 aromatic heterocycles. The number of nitrogens with two attached hydrogens (primary N) is 1. The van der Waals surface area contributed by atoms with Crippen molar-refractivity contribution in [1.29, 1.82) is 0 Å². The Labute approximate surface area is 135 Å². The van der Waals surface area contributed by atoms with Gasteiger partial charge in [-0.1, -0.05) is 30.3 Å². The van der Waals surface area contributed by atoms with Crippen molar-refractivity contribution in [1.82, 2.24) is 4.90 Å². The van der Waals surface area contributed by atoms with E-state index >= 15 is 0 Å². The van der Waals surface area contributed by atoms with E-state index in [-0.39, 0.29) is 0 Å². The van der Waals surface area contributed by atoms with Crippen LogP contribution in [0, 0.1) is 0 Å². The molecule has 1 aromatic rings. The molecule has 4 rings (SSSR count). The number of aliphatic imine (C=N–C) groups is 1. The minimum absolute atomic E-state index is 0.406. The molecular weight excluding hydrogens is 286 g/mol. The Morgan fingerprint density at radius 2 is 2.00 bits per heavy atom. The Morgan fingerprint density at radius 3 is 2.78 bits per heavy atom. The molecule has 1 amide bonds. The highest BCUT2D eigenvalue weighted by molar-refractivity contribution is 6.03. The first-order valence-electron chi connectivity index (χ1n) is 7.74. The Bertz CT molecular complexity index is 825. The fourth-order valence-corrected chi connectivity index (χ4v) is 3.18. The lowest BCUT2D eigenvalue weighted by atomic mass is 10.1. The number of benzene rings is 1. The number of amidine groups is 1. The summed E-state index contributed by atoms with van der Waals surface area (Å²) in [6.07, 6.45) is 9.65. The van der Waals surface area contributed by atoms with Gasteiger partial charge in [-0.3, -0.25) is 4.79 Å². The normalized spacial score (nSPS) is 21.0. The highest BCUT2D eigenvalue weighted by Gasteiger charge is 2.28. The third kappa shape index (κ3) is 2.52. The summed E-state index contributed by atoms with van der Waals surface area (Å²) < 4.78 is 0. The molecule has 2 N–H and O–H groups in total. The molecule has 2 aliphatic heterocycles. The van der Waals surface area contributed by atoms with Gasteiger partial charge in [-0.2, -0.15) is 0 Å². The third-order valence-corrected chi connectivity index (χ3v) is 4.35. The predicted octanol–water partition coefficient (Wildman–Crippen LogP) is 2.77. The van der Waals surface area contributed by atoms with Crippen molar-refractivity contribution in [3.8, 4) is 0 Å². The molecule has 2 heterocycles. The van der Waals surface area contributed by atoms with Crippen molar-refractivity contribution < 1.29 is 4.79 Å². The van der Waals surface area contributed by atoms with Crippen molar-refractivity contribution in [2.24, 2.45) is 10.7 Å². The quantitative estimate of drug-likeness (QED) is 0.913. The molecule has 0 radical (unpaired) electrons. The van der Waals surface area contributed by atoms with Crippen LogP contribution in [-0.4, -0.2) is 23.2 Å².